The minimum atomic E-state index is -0.407. The van der Waals surface area contributed by atoms with Crippen LogP contribution >= 0.6 is 11.6 Å². The molecule has 90 valence electrons. The second-order valence-electron chi connectivity index (χ2n) is 4.15. The van der Waals surface area contributed by atoms with Gasteiger partial charge in [-0.1, -0.05) is 29.8 Å². The lowest BCUT2D eigenvalue weighted by molar-refractivity contribution is 0.873. The predicted molar refractivity (Wildman–Crippen MR) is 70.4 cm³/mol. The van der Waals surface area contributed by atoms with Crippen molar-refractivity contribution in [3.05, 3.63) is 57.9 Å². The quantitative estimate of drug-likeness (QED) is 0.828. The molecule has 0 aliphatic rings. The Morgan fingerprint density at radius 1 is 1.11 bits per heavy atom. The van der Waals surface area contributed by atoms with E-state index in [1.807, 2.05) is 32.0 Å². The summed E-state index contributed by atoms with van der Waals surface area (Å²) in [7, 11) is 0. The number of halogens is 1. The van der Waals surface area contributed by atoms with E-state index in [2.05, 4.69) is 16.3 Å². The Labute approximate surface area is 111 Å². The molecule has 0 N–H and O–H groups in total. The molecule has 0 spiro atoms. The van der Waals surface area contributed by atoms with Crippen molar-refractivity contribution >= 4 is 11.6 Å². The zero-order chi connectivity index (χ0) is 13.1. The van der Waals surface area contributed by atoms with Gasteiger partial charge in [-0.3, -0.25) is 0 Å². The molecule has 0 aliphatic heterocycles. The maximum atomic E-state index is 9.40. The van der Waals surface area contributed by atoms with Crippen LogP contribution in [0.15, 0.2) is 30.3 Å². The second kappa shape index (κ2) is 5.16. The first-order valence-electron chi connectivity index (χ1n) is 5.58. The minimum absolute atomic E-state index is 0.331. The monoisotopic (exact) mass is 257 g/mol. The number of aryl methyl sites for hydroxylation is 2. The largest absolute Gasteiger partial charge is 0.197 e. The summed E-state index contributed by atoms with van der Waals surface area (Å²) in [6, 6.07) is 11.7. The fourth-order valence-corrected chi connectivity index (χ4v) is 2.14. The molecule has 0 saturated heterocycles. The Morgan fingerprint density at radius 3 is 2.28 bits per heavy atom. The summed E-state index contributed by atoms with van der Waals surface area (Å²) in [5.74, 6) is -0.407. The molecule has 0 bridgehead atoms. The third-order valence-corrected chi connectivity index (χ3v) is 3.11. The van der Waals surface area contributed by atoms with Crippen LogP contribution in [0.5, 0.6) is 0 Å². The van der Waals surface area contributed by atoms with Gasteiger partial charge in [-0.2, -0.15) is 10.4 Å². The van der Waals surface area contributed by atoms with Crippen LogP contribution in [0, 0.1) is 25.2 Å². The Hall–Kier alpha value is -1.92. The first-order chi connectivity index (χ1) is 8.63. The fraction of sp³-hybridized carbons (Fsp3) is 0.214. The van der Waals surface area contributed by atoms with E-state index in [9.17, 15) is 5.26 Å². The van der Waals surface area contributed by atoms with Crippen LogP contribution in [-0.4, -0.2) is 10.2 Å². The minimum Gasteiger partial charge on any atom is -0.197 e. The van der Waals surface area contributed by atoms with E-state index in [0.717, 1.165) is 16.7 Å². The molecule has 0 amide bonds. The molecule has 0 aliphatic carbocycles. The molecular formula is C14H12ClN3. The highest BCUT2D eigenvalue weighted by Crippen LogP contribution is 2.28. The highest BCUT2D eigenvalue weighted by Gasteiger charge is 2.19. The van der Waals surface area contributed by atoms with E-state index in [-0.39, 0.29) is 0 Å². The SMILES string of the molecule is Cc1cccc(C)c1C(C#N)c1ccc(Cl)nn1. The Bertz CT molecular complexity index is 579. The van der Waals surface area contributed by atoms with Gasteiger partial charge in [0.25, 0.3) is 0 Å². The summed E-state index contributed by atoms with van der Waals surface area (Å²) < 4.78 is 0. The Morgan fingerprint density at radius 2 is 1.78 bits per heavy atom. The average molecular weight is 258 g/mol. The van der Waals surface area contributed by atoms with Crippen LogP contribution in [0.1, 0.15) is 28.3 Å². The van der Waals surface area contributed by atoms with Crippen molar-refractivity contribution in [1.82, 2.24) is 10.2 Å². The topological polar surface area (TPSA) is 49.6 Å². The molecule has 1 aromatic carbocycles. The van der Waals surface area contributed by atoms with Gasteiger partial charge < -0.3 is 0 Å². The molecule has 4 heteroatoms. The van der Waals surface area contributed by atoms with E-state index < -0.39 is 5.92 Å². The summed E-state index contributed by atoms with van der Waals surface area (Å²) in [6.07, 6.45) is 0. The van der Waals surface area contributed by atoms with Gasteiger partial charge in [-0.05, 0) is 42.7 Å². The number of aromatic nitrogens is 2. The third-order valence-electron chi connectivity index (χ3n) is 2.91. The molecule has 1 atom stereocenters. The lowest BCUT2D eigenvalue weighted by atomic mass is 9.89. The molecule has 18 heavy (non-hydrogen) atoms. The summed E-state index contributed by atoms with van der Waals surface area (Å²) in [5.41, 5.74) is 3.78. The lowest BCUT2D eigenvalue weighted by Gasteiger charge is -2.14. The summed E-state index contributed by atoms with van der Waals surface area (Å²) in [4.78, 5) is 0. The van der Waals surface area contributed by atoms with E-state index in [0.29, 0.717) is 10.8 Å². The average Bonchev–Trinajstić information content (AvgIpc) is 2.35. The maximum absolute atomic E-state index is 9.40. The van der Waals surface area contributed by atoms with Crippen molar-refractivity contribution in [1.29, 1.82) is 5.26 Å². The molecular weight excluding hydrogens is 246 g/mol. The molecule has 0 saturated carbocycles. The highest BCUT2D eigenvalue weighted by molar-refractivity contribution is 6.29. The van der Waals surface area contributed by atoms with Gasteiger partial charge in [0.2, 0.25) is 0 Å². The van der Waals surface area contributed by atoms with Crippen molar-refractivity contribution in [3.63, 3.8) is 0 Å². The van der Waals surface area contributed by atoms with Crippen molar-refractivity contribution < 1.29 is 0 Å². The van der Waals surface area contributed by atoms with Gasteiger partial charge >= 0.3 is 0 Å². The van der Waals surface area contributed by atoms with E-state index in [1.54, 1.807) is 12.1 Å². The number of benzene rings is 1. The number of hydrogen-bond donors (Lipinski definition) is 0. The van der Waals surface area contributed by atoms with Gasteiger partial charge in [0, 0.05) is 0 Å². The first-order valence-corrected chi connectivity index (χ1v) is 5.96. The Kier molecular flexibility index (Phi) is 3.59. The van der Waals surface area contributed by atoms with Gasteiger partial charge in [-0.25, -0.2) is 0 Å². The van der Waals surface area contributed by atoms with Gasteiger partial charge in [0.15, 0.2) is 5.15 Å². The van der Waals surface area contributed by atoms with Crippen molar-refractivity contribution in [3.8, 4) is 6.07 Å². The van der Waals surface area contributed by atoms with Gasteiger partial charge in [0.05, 0.1) is 11.8 Å². The second-order valence-corrected chi connectivity index (χ2v) is 4.54. The molecule has 1 unspecified atom stereocenters. The van der Waals surface area contributed by atoms with Crippen LogP contribution in [0.3, 0.4) is 0 Å². The number of nitriles is 1. The van der Waals surface area contributed by atoms with Crippen LogP contribution in [-0.2, 0) is 0 Å². The highest BCUT2D eigenvalue weighted by atomic mass is 35.5. The third kappa shape index (κ3) is 2.34. The smallest absolute Gasteiger partial charge is 0.151 e. The molecule has 1 heterocycles. The van der Waals surface area contributed by atoms with E-state index in [4.69, 9.17) is 11.6 Å². The lowest BCUT2D eigenvalue weighted by Crippen LogP contribution is -2.06. The first kappa shape index (κ1) is 12.5. The summed E-state index contributed by atoms with van der Waals surface area (Å²) in [5, 5.41) is 17.5. The van der Waals surface area contributed by atoms with Gasteiger partial charge in [-0.15, -0.1) is 5.10 Å². The normalized spacial score (nSPS) is 11.9. The van der Waals surface area contributed by atoms with Crippen molar-refractivity contribution in [2.45, 2.75) is 19.8 Å². The Balaban J connectivity index is 2.53. The van der Waals surface area contributed by atoms with Crippen molar-refractivity contribution in [2.24, 2.45) is 0 Å². The molecule has 1 aromatic heterocycles. The zero-order valence-electron chi connectivity index (χ0n) is 10.2. The van der Waals surface area contributed by atoms with E-state index >= 15 is 0 Å². The molecule has 3 nitrogen and oxygen atoms in total. The standard InChI is InChI=1S/C14H12ClN3/c1-9-4-3-5-10(2)14(9)11(8-16)12-6-7-13(15)18-17-12/h3-7,11H,1-2H3. The molecule has 2 aromatic rings. The predicted octanol–water partition coefficient (Wildman–Crippen LogP) is 3.40. The van der Waals surface area contributed by atoms with Crippen molar-refractivity contribution in [2.75, 3.05) is 0 Å². The number of nitrogens with zero attached hydrogens (tertiary/aromatic N) is 3. The molecule has 2 rings (SSSR count). The summed E-state index contributed by atoms with van der Waals surface area (Å²) >= 11 is 5.71. The fourth-order valence-electron chi connectivity index (χ4n) is 2.04. The van der Waals surface area contributed by atoms with Crippen LogP contribution < -0.4 is 0 Å². The van der Waals surface area contributed by atoms with Crippen LogP contribution in [0.4, 0.5) is 0 Å². The van der Waals surface area contributed by atoms with E-state index in [1.165, 1.54) is 0 Å². The maximum Gasteiger partial charge on any atom is 0.151 e. The number of rotatable bonds is 2. The van der Waals surface area contributed by atoms with Gasteiger partial charge in [0.1, 0.15) is 5.92 Å². The number of hydrogen-bond acceptors (Lipinski definition) is 3. The van der Waals surface area contributed by atoms with Crippen LogP contribution in [0.2, 0.25) is 5.15 Å². The molecule has 0 fully saturated rings. The zero-order valence-corrected chi connectivity index (χ0v) is 10.9. The van der Waals surface area contributed by atoms with Crippen LogP contribution in [0.25, 0.3) is 0 Å². The summed E-state index contributed by atoms with van der Waals surface area (Å²) in [6.45, 7) is 3.99. The molecule has 0 radical (unpaired) electrons.